The zero-order valence-corrected chi connectivity index (χ0v) is 27.3. The van der Waals surface area contributed by atoms with Crippen molar-refractivity contribution in [1.82, 2.24) is 5.32 Å². The van der Waals surface area contributed by atoms with Crippen LogP contribution in [0.1, 0.15) is 174 Å². The Balaban J connectivity index is 3.67. The lowest BCUT2D eigenvalue weighted by Gasteiger charge is -2.19. The third kappa shape index (κ3) is 29.9. The number of aliphatic hydroxyl groups is 2. The summed E-state index contributed by atoms with van der Waals surface area (Å²) in [5.41, 5.74) is 0. The van der Waals surface area contributed by atoms with Gasteiger partial charge in [0, 0.05) is 6.42 Å². The summed E-state index contributed by atoms with van der Waals surface area (Å²) >= 11 is 0. The number of hydrogen-bond donors (Lipinski definition) is 3. The molecule has 0 aliphatic heterocycles. The van der Waals surface area contributed by atoms with Crippen molar-refractivity contribution in [3.8, 4) is 0 Å². The smallest absolute Gasteiger partial charge is 0.220 e. The second-order valence-corrected chi connectivity index (χ2v) is 11.9. The summed E-state index contributed by atoms with van der Waals surface area (Å²) in [6, 6.07) is -0.637. The number of carbonyl (C=O) groups excluding carboxylic acids is 1. The summed E-state index contributed by atoms with van der Waals surface area (Å²) in [4.78, 5) is 12.3. The molecular formula is C37H69NO3. The van der Waals surface area contributed by atoms with Crippen LogP contribution in [0.4, 0.5) is 0 Å². The number of carbonyl (C=O) groups is 1. The number of nitrogens with one attached hydrogen (secondary N) is 1. The van der Waals surface area contributed by atoms with Crippen LogP contribution in [-0.4, -0.2) is 34.9 Å². The van der Waals surface area contributed by atoms with Crippen molar-refractivity contribution in [2.75, 3.05) is 6.61 Å². The third-order valence-corrected chi connectivity index (χ3v) is 7.85. The van der Waals surface area contributed by atoms with Gasteiger partial charge < -0.3 is 15.5 Å². The number of amides is 1. The SMILES string of the molecule is CCCCCCCC/C=C/CC/C=C/[C@@H](O)[C@H](CO)NC(=O)CCCCCCCCC/C=C/CCCCCCCC. The molecule has 0 bridgehead atoms. The van der Waals surface area contributed by atoms with Crippen molar-refractivity contribution in [2.45, 2.75) is 187 Å². The summed E-state index contributed by atoms with van der Waals surface area (Å²) < 4.78 is 0. The molecule has 0 aromatic carbocycles. The lowest BCUT2D eigenvalue weighted by molar-refractivity contribution is -0.123. The van der Waals surface area contributed by atoms with Crippen LogP contribution in [0.5, 0.6) is 0 Å². The molecule has 4 heteroatoms. The Morgan fingerprint density at radius 1 is 0.561 bits per heavy atom. The number of allylic oxidation sites excluding steroid dienone is 5. The summed E-state index contributed by atoms with van der Waals surface area (Å²) in [6.45, 7) is 4.26. The molecule has 0 aliphatic carbocycles. The molecule has 0 saturated carbocycles. The van der Waals surface area contributed by atoms with E-state index in [1.54, 1.807) is 6.08 Å². The maximum absolute atomic E-state index is 12.3. The van der Waals surface area contributed by atoms with Gasteiger partial charge in [-0.3, -0.25) is 4.79 Å². The lowest BCUT2D eigenvalue weighted by Crippen LogP contribution is -2.45. The van der Waals surface area contributed by atoms with Crippen molar-refractivity contribution in [1.29, 1.82) is 0 Å². The number of unbranched alkanes of at least 4 members (excludes halogenated alkanes) is 20. The van der Waals surface area contributed by atoms with Crippen LogP contribution in [0.25, 0.3) is 0 Å². The highest BCUT2D eigenvalue weighted by atomic mass is 16.3. The van der Waals surface area contributed by atoms with Crippen molar-refractivity contribution >= 4 is 5.91 Å². The van der Waals surface area contributed by atoms with E-state index in [1.165, 1.54) is 122 Å². The molecule has 1 amide bonds. The van der Waals surface area contributed by atoms with E-state index >= 15 is 0 Å². The Morgan fingerprint density at radius 2 is 0.951 bits per heavy atom. The van der Waals surface area contributed by atoms with Gasteiger partial charge in [-0.1, -0.05) is 147 Å². The molecule has 0 aromatic heterocycles. The zero-order chi connectivity index (χ0) is 30.1. The predicted molar refractivity (Wildman–Crippen MR) is 179 cm³/mol. The van der Waals surface area contributed by atoms with Crippen LogP contribution in [0.3, 0.4) is 0 Å². The molecule has 0 rings (SSSR count). The van der Waals surface area contributed by atoms with Crippen molar-refractivity contribution in [3.63, 3.8) is 0 Å². The predicted octanol–water partition coefficient (Wildman–Crippen LogP) is 10.3. The minimum Gasteiger partial charge on any atom is -0.394 e. The largest absolute Gasteiger partial charge is 0.394 e. The highest BCUT2D eigenvalue weighted by Gasteiger charge is 2.17. The topological polar surface area (TPSA) is 69.6 Å². The summed E-state index contributed by atoms with van der Waals surface area (Å²) in [6.07, 6.45) is 42.2. The molecule has 3 N–H and O–H groups in total. The van der Waals surface area contributed by atoms with E-state index < -0.39 is 12.1 Å². The molecule has 4 nitrogen and oxygen atoms in total. The van der Waals surface area contributed by atoms with Crippen LogP contribution >= 0.6 is 0 Å². The fraction of sp³-hybridized carbons (Fsp3) is 0.811. The van der Waals surface area contributed by atoms with E-state index in [4.69, 9.17) is 0 Å². The summed E-state index contributed by atoms with van der Waals surface area (Å²) in [7, 11) is 0. The summed E-state index contributed by atoms with van der Waals surface area (Å²) in [5, 5.41) is 22.8. The van der Waals surface area contributed by atoms with Gasteiger partial charge in [0.25, 0.3) is 0 Å². The second-order valence-electron chi connectivity index (χ2n) is 11.9. The van der Waals surface area contributed by atoms with E-state index in [9.17, 15) is 15.0 Å². The maximum atomic E-state index is 12.3. The van der Waals surface area contributed by atoms with Gasteiger partial charge in [0.15, 0.2) is 0 Å². The first kappa shape index (κ1) is 39.6. The molecule has 0 aliphatic rings. The summed E-state index contributed by atoms with van der Waals surface area (Å²) in [5.74, 6) is -0.0816. The van der Waals surface area contributed by atoms with Gasteiger partial charge in [-0.15, -0.1) is 0 Å². The Morgan fingerprint density at radius 3 is 1.41 bits per heavy atom. The lowest BCUT2D eigenvalue weighted by atomic mass is 10.1. The molecule has 0 fully saturated rings. The number of aliphatic hydroxyl groups excluding tert-OH is 2. The van der Waals surface area contributed by atoms with Gasteiger partial charge in [-0.25, -0.2) is 0 Å². The molecule has 0 heterocycles. The van der Waals surface area contributed by atoms with Gasteiger partial charge in [-0.05, 0) is 57.8 Å². The highest BCUT2D eigenvalue weighted by molar-refractivity contribution is 5.76. The normalized spacial score (nSPS) is 13.6. The zero-order valence-electron chi connectivity index (χ0n) is 27.3. The first-order valence-electron chi connectivity index (χ1n) is 17.7. The van der Waals surface area contributed by atoms with E-state index in [1.807, 2.05) is 6.08 Å². The van der Waals surface area contributed by atoms with E-state index in [2.05, 4.69) is 43.5 Å². The van der Waals surface area contributed by atoms with Crippen LogP contribution in [-0.2, 0) is 4.79 Å². The molecule has 240 valence electrons. The van der Waals surface area contributed by atoms with Crippen LogP contribution in [0.2, 0.25) is 0 Å². The molecule has 0 spiro atoms. The van der Waals surface area contributed by atoms with Crippen molar-refractivity contribution in [2.24, 2.45) is 0 Å². The molecule has 0 saturated heterocycles. The quantitative estimate of drug-likeness (QED) is 0.0569. The molecule has 2 atom stereocenters. The van der Waals surface area contributed by atoms with Crippen LogP contribution < -0.4 is 5.32 Å². The number of rotatable bonds is 31. The van der Waals surface area contributed by atoms with Crippen molar-refractivity contribution in [3.05, 3.63) is 36.5 Å². The average molecular weight is 576 g/mol. The fourth-order valence-corrected chi connectivity index (χ4v) is 5.07. The number of hydrogen-bond acceptors (Lipinski definition) is 3. The van der Waals surface area contributed by atoms with Gasteiger partial charge >= 0.3 is 0 Å². The minimum atomic E-state index is -0.860. The Hall–Kier alpha value is -1.39. The molecule has 0 unspecified atom stereocenters. The molecule has 0 radical (unpaired) electrons. The Kier molecular flexibility index (Phi) is 32.0. The van der Waals surface area contributed by atoms with E-state index in [0.29, 0.717) is 6.42 Å². The van der Waals surface area contributed by atoms with Crippen LogP contribution in [0.15, 0.2) is 36.5 Å². The van der Waals surface area contributed by atoms with Crippen LogP contribution in [0, 0.1) is 0 Å². The van der Waals surface area contributed by atoms with Crippen molar-refractivity contribution < 1.29 is 15.0 Å². The monoisotopic (exact) mass is 576 g/mol. The second kappa shape index (κ2) is 33.1. The first-order chi connectivity index (χ1) is 20.2. The fourth-order valence-electron chi connectivity index (χ4n) is 5.07. The average Bonchev–Trinajstić information content (AvgIpc) is 2.97. The Bertz CT molecular complexity index is 628. The molecule has 0 aromatic rings. The van der Waals surface area contributed by atoms with E-state index in [-0.39, 0.29) is 12.5 Å². The van der Waals surface area contributed by atoms with Gasteiger partial charge in [0.2, 0.25) is 5.91 Å². The first-order valence-corrected chi connectivity index (χ1v) is 17.7. The standard InChI is InChI=1S/C37H69NO3/c1-3-5-7-9-11-13-15-17-18-19-20-21-23-25-27-29-31-33-37(41)38-35(34-39)36(40)32-30-28-26-24-22-16-14-12-10-8-6-4-2/h17-18,22,24,30,32,35-36,39-40H,3-16,19-21,23,25-29,31,33-34H2,1-2H3,(H,38,41)/b18-17+,24-22+,32-30+/t35-,36+/m0/s1. The molecular weight excluding hydrogens is 506 g/mol. The van der Waals surface area contributed by atoms with Gasteiger partial charge in [0.1, 0.15) is 0 Å². The maximum Gasteiger partial charge on any atom is 0.220 e. The minimum absolute atomic E-state index is 0.0816. The molecule has 41 heavy (non-hydrogen) atoms. The van der Waals surface area contributed by atoms with E-state index in [0.717, 1.165) is 32.1 Å². The highest BCUT2D eigenvalue weighted by Crippen LogP contribution is 2.12. The van der Waals surface area contributed by atoms with Gasteiger partial charge in [0.05, 0.1) is 18.8 Å². The third-order valence-electron chi connectivity index (χ3n) is 7.85. The van der Waals surface area contributed by atoms with Gasteiger partial charge in [-0.2, -0.15) is 0 Å². The Labute approximate surface area is 255 Å².